The quantitative estimate of drug-likeness (QED) is 0.737. The van der Waals surface area contributed by atoms with Gasteiger partial charge in [0.15, 0.2) is 0 Å². The standard InChI is InChI=1S/C13H17NO/c1-4-12(5-2)14-10(3)11-6-8-13(15)9-7-11/h1,6-10,12,14-15H,5H2,2-3H3. The molecule has 0 heterocycles. The molecule has 0 spiro atoms. The number of terminal acetylenes is 1. The summed E-state index contributed by atoms with van der Waals surface area (Å²) < 4.78 is 0. The van der Waals surface area contributed by atoms with E-state index in [1.807, 2.05) is 12.1 Å². The van der Waals surface area contributed by atoms with Crippen LogP contribution >= 0.6 is 0 Å². The molecule has 2 nitrogen and oxygen atoms in total. The van der Waals surface area contributed by atoms with Gasteiger partial charge in [-0.25, -0.2) is 0 Å². The highest BCUT2D eigenvalue weighted by atomic mass is 16.3. The van der Waals surface area contributed by atoms with Gasteiger partial charge < -0.3 is 5.11 Å². The van der Waals surface area contributed by atoms with E-state index in [4.69, 9.17) is 11.5 Å². The highest BCUT2D eigenvalue weighted by Crippen LogP contribution is 2.16. The SMILES string of the molecule is C#CC(CC)NC(C)c1ccc(O)cc1. The molecule has 0 saturated heterocycles. The van der Waals surface area contributed by atoms with Crippen molar-refractivity contribution in [1.29, 1.82) is 0 Å². The molecular weight excluding hydrogens is 186 g/mol. The van der Waals surface area contributed by atoms with Crippen LogP contribution in [0.15, 0.2) is 24.3 Å². The van der Waals surface area contributed by atoms with E-state index in [1.165, 1.54) is 0 Å². The predicted molar refractivity (Wildman–Crippen MR) is 62.6 cm³/mol. The van der Waals surface area contributed by atoms with Gasteiger partial charge in [-0.3, -0.25) is 5.32 Å². The van der Waals surface area contributed by atoms with Crippen LogP contribution in [0.2, 0.25) is 0 Å². The van der Waals surface area contributed by atoms with Crippen LogP contribution in [0.4, 0.5) is 0 Å². The first kappa shape index (κ1) is 11.6. The van der Waals surface area contributed by atoms with Crippen molar-refractivity contribution in [1.82, 2.24) is 5.32 Å². The van der Waals surface area contributed by atoms with E-state index in [1.54, 1.807) is 12.1 Å². The first-order chi connectivity index (χ1) is 7.17. The third kappa shape index (κ3) is 3.30. The fraction of sp³-hybridized carbons (Fsp3) is 0.385. The number of phenols is 1. The minimum Gasteiger partial charge on any atom is -0.508 e. The van der Waals surface area contributed by atoms with Crippen molar-refractivity contribution in [2.24, 2.45) is 0 Å². The lowest BCUT2D eigenvalue weighted by Crippen LogP contribution is -2.29. The molecule has 2 N–H and O–H groups in total. The Balaban J connectivity index is 2.65. The van der Waals surface area contributed by atoms with E-state index >= 15 is 0 Å². The Labute approximate surface area is 91.3 Å². The first-order valence-electron chi connectivity index (χ1n) is 5.18. The summed E-state index contributed by atoms with van der Waals surface area (Å²) in [5.74, 6) is 2.99. The van der Waals surface area contributed by atoms with Crippen LogP contribution in [0.1, 0.15) is 31.9 Å². The fourth-order valence-corrected chi connectivity index (χ4v) is 1.44. The first-order valence-corrected chi connectivity index (χ1v) is 5.18. The average Bonchev–Trinajstić information content (AvgIpc) is 2.26. The van der Waals surface area contributed by atoms with Gasteiger partial charge in [-0.15, -0.1) is 6.42 Å². The zero-order valence-corrected chi connectivity index (χ0v) is 9.20. The van der Waals surface area contributed by atoms with E-state index in [2.05, 4.69) is 25.1 Å². The van der Waals surface area contributed by atoms with Gasteiger partial charge in [0, 0.05) is 6.04 Å². The maximum atomic E-state index is 9.16. The number of nitrogens with one attached hydrogen (secondary N) is 1. The van der Waals surface area contributed by atoms with Crippen molar-refractivity contribution in [3.8, 4) is 18.1 Å². The zero-order valence-electron chi connectivity index (χ0n) is 9.20. The number of phenolic OH excluding ortho intramolecular Hbond substituents is 1. The Morgan fingerprint density at radius 1 is 1.40 bits per heavy atom. The van der Waals surface area contributed by atoms with E-state index < -0.39 is 0 Å². The highest BCUT2D eigenvalue weighted by Gasteiger charge is 2.09. The summed E-state index contributed by atoms with van der Waals surface area (Å²) in [5.41, 5.74) is 1.13. The molecule has 1 aromatic carbocycles. The van der Waals surface area contributed by atoms with Gasteiger partial charge in [-0.2, -0.15) is 0 Å². The van der Waals surface area contributed by atoms with Crippen LogP contribution in [-0.2, 0) is 0 Å². The Morgan fingerprint density at radius 2 is 2.00 bits per heavy atom. The van der Waals surface area contributed by atoms with Gasteiger partial charge in [0.05, 0.1) is 6.04 Å². The van der Waals surface area contributed by atoms with E-state index in [0.29, 0.717) is 0 Å². The fourth-order valence-electron chi connectivity index (χ4n) is 1.44. The molecule has 0 aliphatic rings. The summed E-state index contributed by atoms with van der Waals surface area (Å²) >= 11 is 0. The summed E-state index contributed by atoms with van der Waals surface area (Å²) in [6, 6.07) is 7.47. The van der Waals surface area contributed by atoms with E-state index in [-0.39, 0.29) is 17.8 Å². The van der Waals surface area contributed by atoms with Crippen LogP contribution in [0.5, 0.6) is 5.75 Å². The second kappa shape index (κ2) is 5.43. The summed E-state index contributed by atoms with van der Waals surface area (Å²) in [7, 11) is 0. The zero-order chi connectivity index (χ0) is 11.3. The topological polar surface area (TPSA) is 32.3 Å². The van der Waals surface area contributed by atoms with Crippen LogP contribution < -0.4 is 5.32 Å². The van der Waals surface area contributed by atoms with Crippen molar-refractivity contribution in [2.45, 2.75) is 32.4 Å². The lowest BCUT2D eigenvalue weighted by atomic mass is 10.1. The maximum absolute atomic E-state index is 9.16. The summed E-state index contributed by atoms with van der Waals surface area (Å²) in [4.78, 5) is 0. The molecule has 0 aliphatic heterocycles. The minimum absolute atomic E-state index is 0.105. The normalized spacial score (nSPS) is 14.2. The van der Waals surface area contributed by atoms with Crippen molar-refractivity contribution in [3.05, 3.63) is 29.8 Å². The molecule has 2 unspecified atom stereocenters. The van der Waals surface area contributed by atoms with Gasteiger partial charge in [0.2, 0.25) is 0 Å². The van der Waals surface area contributed by atoms with Crippen LogP contribution in [0.3, 0.4) is 0 Å². The molecule has 1 aromatic rings. The molecule has 0 radical (unpaired) electrons. The van der Waals surface area contributed by atoms with E-state index in [0.717, 1.165) is 12.0 Å². The number of aromatic hydroxyl groups is 1. The van der Waals surface area contributed by atoms with Crippen LogP contribution in [-0.4, -0.2) is 11.1 Å². The summed E-state index contributed by atoms with van der Waals surface area (Å²) in [6.07, 6.45) is 6.30. The van der Waals surface area contributed by atoms with Gasteiger partial charge >= 0.3 is 0 Å². The highest BCUT2D eigenvalue weighted by molar-refractivity contribution is 5.27. The van der Waals surface area contributed by atoms with Crippen LogP contribution in [0.25, 0.3) is 0 Å². The average molecular weight is 203 g/mol. The van der Waals surface area contributed by atoms with Gasteiger partial charge in [-0.1, -0.05) is 25.0 Å². The lowest BCUT2D eigenvalue weighted by Gasteiger charge is -2.18. The Bertz CT molecular complexity index is 337. The lowest BCUT2D eigenvalue weighted by molar-refractivity contribution is 0.473. The molecule has 2 atom stereocenters. The van der Waals surface area contributed by atoms with Gasteiger partial charge in [0.25, 0.3) is 0 Å². The molecule has 1 rings (SSSR count). The molecule has 0 saturated carbocycles. The third-order valence-corrected chi connectivity index (χ3v) is 2.45. The summed E-state index contributed by atoms with van der Waals surface area (Å²) in [5, 5.41) is 12.5. The second-order valence-electron chi connectivity index (χ2n) is 3.61. The smallest absolute Gasteiger partial charge is 0.115 e. The van der Waals surface area contributed by atoms with Gasteiger partial charge in [-0.05, 0) is 31.0 Å². The Kier molecular flexibility index (Phi) is 4.20. The van der Waals surface area contributed by atoms with E-state index in [9.17, 15) is 0 Å². The number of rotatable bonds is 4. The molecule has 15 heavy (non-hydrogen) atoms. The number of hydrogen-bond donors (Lipinski definition) is 2. The molecular formula is C13H17NO. The molecule has 0 aliphatic carbocycles. The third-order valence-electron chi connectivity index (χ3n) is 2.45. The largest absolute Gasteiger partial charge is 0.508 e. The Hall–Kier alpha value is -1.46. The molecule has 2 heteroatoms. The van der Waals surface area contributed by atoms with Crippen molar-refractivity contribution in [2.75, 3.05) is 0 Å². The molecule has 0 fully saturated rings. The van der Waals surface area contributed by atoms with Gasteiger partial charge in [0.1, 0.15) is 5.75 Å². The number of hydrogen-bond acceptors (Lipinski definition) is 2. The minimum atomic E-state index is 0.105. The summed E-state index contributed by atoms with van der Waals surface area (Å²) in [6.45, 7) is 4.12. The maximum Gasteiger partial charge on any atom is 0.115 e. The molecule has 80 valence electrons. The molecule has 0 amide bonds. The predicted octanol–water partition coefficient (Wildman–Crippen LogP) is 2.45. The van der Waals surface area contributed by atoms with Crippen molar-refractivity contribution < 1.29 is 5.11 Å². The second-order valence-corrected chi connectivity index (χ2v) is 3.61. The Morgan fingerprint density at radius 3 is 2.47 bits per heavy atom. The molecule has 0 aromatic heterocycles. The van der Waals surface area contributed by atoms with Crippen LogP contribution in [0, 0.1) is 12.3 Å². The van der Waals surface area contributed by atoms with Crippen molar-refractivity contribution in [3.63, 3.8) is 0 Å². The molecule has 0 bridgehead atoms. The number of benzene rings is 1. The monoisotopic (exact) mass is 203 g/mol. The van der Waals surface area contributed by atoms with Crippen molar-refractivity contribution >= 4 is 0 Å².